The van der Waals surface area contributed by atoms with Gasteiger partial charge in [0.1, 0.15) is 5.75 Å². The smallest absolute Gasteiger partial charge is 0.251 e. The third kappa shape index (κ3) is 8.28. The number of amides is 2. The molecule has 2 aromatic carbocycles. The molecule has 0 aliphatic rings. The fourth-order valence-corrected chi connectivity index (χ4v) is 3.54. The first-order chi connectivity index (χ1) is 15.7. The van der Waals surface area contributed by atoms with Gasteiger partial charge in [-0.15, -0.1) is 0 Å². The van der Waals surface area contributed by atoms with Crippen molar-refractivity contribution in [2.75, 3.05) is 33.9 Å². The van der Waals surface area contributed by atoms with Crippen LogP contribution in [0.2, 0.25) is 0 Å². The standard InChI is InChI=1S/C25H33BrN2O5/c1-25(2,3)18-9-11-20(19(26)16-18)33-14-6-7-23(29)27-12-13-28-24(30)17-8-10-21(31-4)22(15-17)32-5/h8-11,15-16H,6-7,12-14H2,1-5H3,(H,27,29)(H,28,30). The maximum absolute atomic E-state index is 12.3. The van der Waals surface area contributed by atoms with Gasteiger partial charge < -0.3 is 24.8 Å². The molecule has 0 aromatic heterocycles. The quantitative estimate of drug-likeness (QED) is 0.427. The van der Waals surface area contributed by atoms with Gasteiger partial charge in [-0.2, -0.15) is 0 Å². The number of methoxy groups -OCH3 is 2. The van der Waals surface area contributed by atoms with E-state index in [9.17, 15) is 9.59 Å². The predicted molar refractivity (Wildman–Crippen MR) is 132 cm³/mol. The minimum Gasteiger partial charge on any atom is -0.493 e. The highest BCUT2D eigenvalue weighted by Gasteiger charge is 2.15. The Balaban J connectivity index is 1.65. The van der Waals surface area contributed by atoms with Crippen molar-refractivity contribution >= 4 is 27.7 Å². The van der Waals surface area contributed by atoms with E-state index < -0.39 is 0 Å². The third-order valence-corrected chi connectivity index (χ3v) is 5.60. The molecule has 0 atom stereocenters. The second kappa shape index (κ2) is 12.5. The molecule has 0 spiro atoms. The van der Waals surface area contributed by atoms with Crippen molar-refractivity contribution in [2.24, 2.45) is 0 Å². The molecule has 2 amide bonds. The van der Waals surface area contributed by atoms with Gasteiger partial charge in [0.05, 0.1) is 25.3 Å². The Kier molecular flexibility index (Phi) is 10.0. The van der Waals surface area contributed by atoms with Gasteiger partial charge in [-0.25, -0.2) is 0 Å². The van der Waals surface area contributed by atoms with Crippen molar-refractivity contribution in [1.29, 1.82) is 0 Å². The van der Waals surface area contributed by atoms with Gasteiger partial charge in [-0.3, -0.25) is 9.59 Å². The van der Waals surface area contributed by atoms with E-state index in [4.69, 9.17) is 14.2 Å². The van der Waals surface area contributed by atoms with E-state index in [-0.39, 0.29) is 17.2 Å². The van der Waals surface area contributed by atoms with Crippen molar-refractivity contribution in [3.05, 3.63) is 52.0 Å². The second-order valence-electron chi connectivity index (χ2n) is 8.52. The maximum Gasteiger partial charge on any atom is 0.251 e. The van der Waals surface area contributed by atoms with Crippen LogP contribution in [0.4, 0.5) is 0 Å². The molecule has 2 N–H and O–H groups in total. The average Bonchev–Trinajstić information content (AvgIpc) is 2.79. The van der Waals surface area contributed by atoms with E-state index in [0.717, 1.165) is 10.2 Å². The van der Waals surface area contributed by atoms with Crippen LogP contribution in [0, 0.1) is 0 Å². The van der Waals surface area contributed by atoms with Crippen LogP contribution in [-0.4, -0.2) is 45.7 Å². The summed E-state index contributed by atoms with van der Waals surface area (Å²) in [5, 5.41) is 5.57. The Bertz CT molecular complexity index is 956. The van der Waals surface area contributed by atoms with Crippen LogP contribution in [0.15, 0.2) is 40.9 Å². The molecule has 7 nitrogen and oxygen atoms in total. The molecule has 0 fully saturated rings. The normalized spacial score (nSPS) is 11.0. The second-order valence-corrected chi connectivity index (χ2v) is 9.38. The lowest BCUT2D eigenvalue weighted by atomic mass is 9.87. The Morgan fingerprint density at radius 3 is 2.21 bits per heavy atom. The molecular formula is C25H33BrN2O5. The summed E-state index contributed by atoms with van der Waals surface area (Å²) in [6, 6.07) is 11.0. The Hall–Kier alpha value is -2.74. The predicted octanol–water partition coefficient (Wildman–Crippen LogP) is 4.47. The summed E-state index contributed by atoms with van der Waals surface area (Å²) < 4.78 is 17.1. The molecule has 8 heteroatoms. The molecule has 0 bridgehead atoms. The summed E-state index contributed by atoms with van der Waals surface area (Å²) in [5.74, 6) is 1.47. The molecular weight excluding hydrogens is 488 g/mol. The number of halogens is 1. The van der Waals surface area contributed by atoms with Crippen molar-refractivity contribution in [3.63, 3.8) is 0 Å². The number of carbonyl (C=O) groups is 2. The molecule has 0 aliphatic heterocycles. The topological polar surface area (TPSA) is 85.9 Å². The van der Waals surface area contributed by atoms with E-state index in [0.29, 0.717) is 49.6 Å². The first kappa shape index (κ1) is 26.5. The summed E-state index contributed by atoms with van der Waals surface area (Å²) in [5.41, 5.74) is 1.75. The SMILES string of the molecule is COc1ccc(C(=O)NCCNC(=O)CCCOc2ccc(C(C)(C)C)cc2Br)cc1OC. The maximum atomic E-state index is 12.3. The molecule has 0 radical (unpaired) electrons. The molecule has 2 aromatic rings. The highest BCUT2D eigenvalue weighted by molar-refractivity contribution is 9.10. The molecule has 0 saturated carbocycles. The van der Waals surface area contributed by atoms with E-state index in [1.165, 1.54) is 19.8 Å². The van der Waals surface area contributed by atoms with Crippen LogP contribution >= 0.6 is 15.9 Å². The molecule has 33 heavy (non-hydrogen) atoms. The Labute approximate surface area is 204 Å². The number of ether oxygens (including phenoxy) is 3. The van der Waals surface area contributed by atoms with Crippen LogP contribution in [0.3, 0.4) is 0 Å². The van der Waals surface area contributed by atoms with Crippen LogP contribution in [0.1, 0.15) is 49.5 Å². The fraction of sp³-hybridized carbons (Fsp3) is 0.440. The monoisotopic (exact) mass is 520 g/mol. The number of carbonyl (C=O) groups excluding carboxylic acids is 2. The van der Waals surface area contributed by atoms with E-state index >= 15 is 0 Å². The minimum atomic E-state index is -0.248. The lowest BCUT2D eigenvalue weighted by Gasteiger charge is -2.20. The number of rotatable bonds is 11. The van der Waals surface area contributed by atoms with Gasteiger partial charge in [0, 0.05) is 25.1 Å². The largest absolute Gasteiger partial charge is 0.493 e. The number of nitrogens with one attached hydrogen (secondary N) is 2. The summed E-state index contributed by atoms with van der Waals surface area (Å²) in [6.45, 7) is 7.60. The van der Waals surface area contributed by atoms with Crippen molar-refractivity contribution < 1.29 is 23.8 Å². The van der Waals surface area contributed by atoms with Gasteiger partial charge in [0.15, 0.2) is 11.5 Å². The van der Waals surface area contributed by atoms with Gasteiger partial charge in [-0.1, -0.05) is 26.8 Å². The highest BCUT2D eigenvalue weighted by atomic mass is 79.9. The summed E-state index contributed by atoms with van der Waals surface area (Å²) in [7, 11) is 3.05. The molecule has 180 valence electrons. The zero-order valence-corrected chi connectivity index (χ0v) is 21.5. The Morgan fingerprint density at radius 2 is 1.58 bits per heavy atom. The van der Waals surface area contributed by atoms with Crippen molar-refractivity contribution in [2.45, 2.75) is 39.0 Å². The van der Waals surface area contributed by atoms with Crippen LogP contribution in [-0.2, 0) is 10.2 Å². The number of benzene rings is 2. The minimum absolute atomic E-state index is 0.0696. The van der Waals surface area contributed by atoms with Crippen LogP contribution in [0.5, 0.6) is 17.2 Å². The first-order valence-electron chi connectivity index (χ1n) is 10.9. The van der Waals surface area contributed by atoms with Crippen LogP contribution < -0.4 is 24.8 Å². The summed E-state index contributed by atoms with van der Waals surface area (Å²) in [6.07, 6.45) is 0.943. The zero-order chi connectivity index (χ0) is 24.4. The third-order valence-electron chi connectivity index (χ3n) is 4.98. The zero-order valence-electron chi connectivity index (χ0n) is 19.9. The van der Waals surface area contributed by atoms with Gasteiger partial charge in [0.25, 0.3) is 5.91 Å². The van der Waals surface area contributed by atoms with Gasteiger partial charge in [0.2, 0.25) is 5.91 Å². The van der Waals surface area contributed by atoms with Crippen molar-refractivity contribution in [3.8, 4) is 17.2 Å². The number of hydrogen-bond acceptors (Lipinski definition) is 5. The van der Waals surface area contributed by atoms with Crippen LogP contribution in [0.25, 0.3) is 0 Å². The summed E-state index contributed by atoms with van der Waals surface area (Å²) in [4.78, 5) is 24.3. The van der Waals surface area contributed by atoms with E-state index in [1.807, 2.05) is 6.07 Å². The molecule has 2 rings (SSSR count). The first-order valence-corrected chi connectivity index (χ1v) is 11.6. The lowest BCUT2D eigenvalue weighted by molar-refractivity contribution is -0.121. The van der Waals surface area contributed by atoms with Crippen molar-refractivity contribution in [1.82, 2.24) is 10.6 Å². The van der Waals surface area contributed by atoms with E-state index in [2.05, 4.69) is 59.5 Å². The summed E-state index contributed by atoms with van der Waals surface area (Å²) >= 11 is 3.55. The fourth-order valence-electron chi connectivity index (χ4n) is 3.05. The average molecular weight is 521 g/mol. The molecule has 0 aliphatic carbocycles. The number of hydrogen-bond donors (Lipinski definition) is 2. The van der Waals surface area contributed by atoms with E-state index in [1.54, 1.807) is 18.2 Å². The van der Waals surface area contributed by atoms with Gasteiger partial charge in [-0.05, 0) is 63.7 Å². The molecule has 0 heterocycles. The molecule has 0 saturated heterocycles. The Morgan fingerprint density at radius 1 is 0.909 bits per heavy atom. The van der Waals surface area contributed by atoms with Gasteiger partial charge >= 0.3 is 0 Å². The lowest BCUT2D eigenvalue weighted by Crippen LogP contribution is -2.34. The molecule has 0 unspecified atom stereocenters. The highest BCUT2D eigenvalue weighted by Crippen LogP contribution is 2.31.